The number of halogens is 3. The molecule has 0 heterocycles. The SMILES string of the molecule is C[Si](C)(C)c1c(F)cc(I)cc1F. The first kappa shape index (κ1) is 11.1. The molecule has 1 aromatic rings. The topological polar surface area (TPSA) is 0 Å². The highest BCUT2D eigenvalue weighted by molar-refractivity contribution is 14.1. The Hall–Kier alpha value is 0.0269. The van der Waals surface area contributed by atoms with Crippen LogP contribution in [0.3, 0.4) is 0 Å². The Bertz CT molecular complexity index is 308. The number of benzene rings is 1. The van der Waals surface area contributed by atoms with Gasteiger partial charge in [-0.25, -0.2) is 8.78 Å². The monoisotopic (exact) mass is 312 g/mol. The fourth-order valence-electron chi connectivity index (χ4n) is 1.26. The number of rotatable bonds is 1. The van der Waals surface area contributed by atoms with Crippen LogP contribution in [0.25, 0.3) is 0 Å². The van der Waals surface area contributed by atoms with Gasteiger partial charge in [0.25, 0.3) is 0 Å². The van der Waals surface area contributed by atoms with Gasteiger partial charge in [-0.3, -0.25) is 0 Å². The Morgan fingerprint density at radius 1 is 1.08 bits per heavy atom. The van der Waals surface area contributed by atoms with Gasteiger partial charge in [-0.2, -0.15) is 0 Å². The summed E-state index contributed by atoms with van der Waals surface area (Å²) >= 11 is 1.91. The van der Waals surface area contributed by atoms with E-state index in [1.54, 1.807) is 0 Å². The van der Waals surface area contributed by atoms with Crippen LogP contribution in [0.1, 0.15) is 0 Å². The van der Waals surface area contributed by atoms with Gasteiger partial charge in [0.15, 0.2) is 0 Å². The minimum absolute atomic E-state index is 0.299. The fourth-order valence-corrected chi connectivity index (χ4v) is 3.38. The molecule has 1 rings (SSSR count). The zero-order valence-corrected chi connectivity index (χ0v) is 10.9. The standard InChI is InChI=1S/C9H11F2ISi/c1-13(2,3)9-7(10)4-6(12)5-8(9)11/h4-5H,1-3H3. The molecule has 0 N–H and O–H groups in total. The van der Waals surface area contributed by atoms with Crippen molar-refractivity contribution in [3.63, 3.8) is 0 Å². The average Bonchev–Trinajstić information content (AvgIpc) is 1.78. The van der Waals surface area contributed by atoms with Gasteiger partial charge in [0, 0.05) is 8.76 Å². The molecular formula is C9H11F2ISi. The maximum Gasteiger partial charge on any atom is 0.126 e. The van der Waals surface area contributed by atoms with Crippen molar-refractivity contribution in [3.05, 3.63) is 27.3 Å². The van der Waals surface area contributed by atoms with Crippen LogP contribution in [0.5, 0.6) is 0 Å². The fraction of sp³-hybridized carbons (Fsp3) is 0.333. The minimum Gasteiger partial charge on any atom is -0.207 e. The molecule has 1 aromatic carbocycles. The van der Waals surface area contributed by atoms with Gasteiger partial charge >= 0.3 is 0 Å². The second kappa shape index (κ2) is 3.65. The van der Waals surface area contributed by atoms with Gasteiger partial charge in [0.2, 0.25) is 0 Å². The third-order valence-corrected chi connectivity index (χ3v) is 4.36. The Morgan fingerprint density at radius 3 is 1.77 bits per heavy atom. The summed E-state index contributed by atoms with van der Waals surface area (Å²) in [4.78, 5) is 0. The summed E-state index contributed by atoms with van der Waals surface area (Å²) in [7, 11) is -1.90. The highest BCUT2D eigenvalue weighted by Gasteiger charge is 2.25. The molecule has 0 spiro atoms. The summed E-state index contributed by atoms with van der Waals surface area (Å²) in [6.07, 6.45) is 0. The number of hydrogen-bond acceptors (Lipinski definition) is 0. The maximum atomic E-state index is 13.4. The predicted octanol–water partition coefficient (Wildman–Crippen LogP) is 3.11. The van der Waals surface area contributed by atoms with Crippen LogP contribution in [-0.2, 0) is 0 Å². The second-order valence-electron chi connectivity index (χ2n) is 3.99. The van der Waals surface area contributed by atoms with Crippen LogP contribution in [0.15, 0.2) is 12.1 Å². The lowest BCUT2D eigenvalue weighted by molar-refractivity contribution is 0.594. The van der Waals surface area contributed by atoms with Crippen LogP contribution < -0.4 is 5.19 Å². The highest BCUT2D eigenvalue weighted by atomic mass is 127. The van der Waals surface area contributed by atoms with Gasteiger partial charge in [-0.05, 0) is 34.7 Å². The van der Waals surface area contributed by atoms with Crippen molar-refractivity contribution >= 4 is 35.9 Å². The summed E-state index contributed by atoms with van der Waals surface area (Å²) < 4.78 is 27.4. The summed E-state index contributed by atoms with van der Waals surface area (Å²) in [5.41, 5.74) is 0. The normalized spacial score (nSPS) is 11.8. The van der Waals surface area contributed by atoms with Gasteiger partial charge in [0.05, 0.1) is 8.07 Å². The predicted molar refractivity (Wildman–Crippen MR) is 62.1 cm³/mol. The molecule has 72 valence electrons. The van der Waals surface area contributed by atoms with Crippen LogP contribution in [-0.4, -0.2) is 8.07 Å². The van der Waals surface area contributed by atoms with Crippen molar-refractivity contribution in [1.82, 2.24) is 0 Å². The van der Waals surface area contributed by atoms with E-state index in [-0.39, 0.29) is 0 Å². The first-order chi connectivity index (χ1) is 5.82. The van der Waals surface area contributed by atoms with Crippen molar-refractivity contribution in [1.29, 1.82) is 0 Å². The molecule has 0 aliphatic heterocycles. The van der Waals surface area contributed by atoms with Crippen LogP contribution in [0, 0.1) is 15.2 Å². The zero-order valence-electron chi connectivity index (χ0n) is 7.79. The molecule has 0 saturated carbocycles. The quantitative estimate of drug-likeness (QED) is 0.552. The lowest BCUT2D eigenvalue weighted by atomic mass is 10.3. The van der Waals surface area contributed by atoms with Gasteiger partial charge in [-0.1, -0.05) is 19.6 Å². The molecule has 0 bridgehead atoms. The average molecular weight is 312 g/mol. The Balaban J connectivity index is 3.38. The van der Waals surface area contributed by atoms with E-state index < -0.39 is 19.7 Å². The first-order valence-corrected chi connectivity index (χ1v) is 8.55. The lowest BCUT2D eigenvalue weighted by Crippen LogP contribution is -2.42. The van der Waals surface area contributed by atoms with Crippen molar-refractivity contribution in [3.8, 4) is 0 Å². The number of hydrogen-bond donors (Lipinski definition) is 0. The third kappa shape index (κ3) is 2.49. The molecule has 0 radical (unpaired) electrons. The summed E-state index contributed by atoms with van der Waals surface area (Å²) in [6.45, 7) is 5.80. The zero-order chi connectivity index (χ0) is 10.2. The molecule has 0 atom stereocenters. The maximum absolute atomic E-state index is 13.4. The van der Waals surface area contributed by atoms with Crippen LogP contribution in [0.2, 0.25) is 19.6 Å². The van der Waals surface area contributed by atoms with E-state index in [1.807, 2.05) is 42.2 Å². The minimum atomic E-state index is -1.90. The van der Waals surface area contributed by atoms with Gasteiger partial charge in [0.1, 0.15) is 11.6 Å². The smallest absolute Gasteiger partial charge is 0.126 e. The van der Waals surface area contributed by atoms with E-state index in [0.717, 1.165) is 0 Å². The van der Waals surface area contributed by atoms with Crippen molar-refractivity contribution in [2.45, 2.75) is 19.6 Å². The molecule has 0 aromatic heterocycles. The molecule has 0 amide bonds. The molecule has 0 saturated heterocycles. The van der Waals surface area contributed by atoms with E-state index in [2.05, 4.69) is 0 Å². The van der Waals surface area contributed by atoms with E-state index >= 15 is 0 Å². The first-order valence-electron chi connectivity index (χ1n) is 3.97. The van der Waals surface area contributed by atoms with E-state index in [0.29, 0.717) is 8.76 Å². The molecule has 4 heteroatoms. The molecule has 13 heavy (non-hydrogen) atoms. The van der Waals surface area contributed by atoms with E-state index in [1.165, 1.54) is 12.1 Å². The second-order valence-corrected chi connectivity index (χ2v) is 10.2. The van der Waals surface area contributed by atoms with Gasteiger partial charge in [-0.15, -0.1) is 0 Å². The van der Waals surface area contributed by atoms with Crippen LogP contribution in [0.4, 0.5) is 8.78 Å². The molecule has 0 aliphatic carbocycles. The summed E-state index contributed by atoms with van der Waals surface area (Å²) in [6, 6.07) is 2.77. The summed E-state index contributed by atoms with van der Waals surface area (Å²) in [5, 5.41) is 0.299. The van der Waals surface area contributed by atoms with Crippen molar-refractivity contribution < 1.29 is 8.78 Å². The Morgan fingerprint density at radius 2 is 1.46 bits per heavy atom. The molecule has 0 aliphatic rings. The largest absolute Gasteiger partial charge is 0.207 e. The van der Waals surface area contributed by atoms with E-state index in [9.17, 15) is 8.78 Å². The molecule has 0 nitrogen and oxygen atoms in total. The van der Waals surface area contributed by atoms with Crippen molar-refractivity contribution in [2.24, 2.45) is 0 Å². The van der Waals surface area contributed by atoms with Gasteiger partial charge < -0.3 is 0 Å². The van der Waals surface area contributed by atoms with Crippen molar-refractivity contribution in [2.75, 3.05) is 0 Å². The molecule has 0 fully saturated rings. The Labute approximate surface area is 91.5 Å². The van der Waals surface area contributed by atoms with E-state index in [4.69, 9.17) is 0 Å². The lowest BCUT2D eigenvalue weighted by Gasteiger charge is -2.18. The molecule has 0 unspecified atom stereocenters. The highest BCUT2D eigenvalue weighted by Crippen LogP contribution is 2.13. The molecular weight excluding hydrogens is 301 g/mol. The van der Waals surface area contributed by atoms with Crippen LogP contribution >= 0.6 is 22.6 Å². The summed E-state index contributed by atoms with van der Waals surface area (Å²) in [5.74, 6) is -0.799. The third-order valence-electron chi connectivity index (χ3n) is 1.76. The Kier molecular flexibility index (Phi) is 3.11.